The van der Waals surface area contributed by atoms with Crippen LogP contribution in [0.4, 0.5) is 0 Å². The van der Waals surface area contributed by atoms with Gasteiger partial charge in [-0.2, -0.15) is 5.10 Å². The van der Waals surface area contributed by atoms with E-state index in [-0.39, 0.29) is 5.56 Å². The van der Waals surface area contributed by atoms with Crippen molar-refractivity contribution in [3.05, 3.63) is 65.5 Å². The lowest BCUT2D eigenvalue weighted by molar-refractivity contribution is 0.0697. The smallest absolute Gasteiger partial charge is 0.337 e. The first-order chi connectivity index (χ1) is 15.7. The predicted octanol–water partition coefficient (Wildman–Crippen LogP) is 5.87. The van der Waals surface area contributed by atoms with Crippen molar-refractivity contribution in [3.8, 4) is 11.1 Å². The van der Waals surface area contributed by atoms with Gasteiger partial charge in [0.1, 0.15) is 5.82 Å². The summed E-state index contributed by atoms with van der Waals surface area (Å²) >= 11 is 0. The molecule has 2 aromatic heterocycles. The average molecular weight is 433 g/mol. The number of hydrogen-bond donors (Lipinski definition) is 1. The van der Waals surface area contributed by atoms with Crippen LogP contribution in [0.5, 0.6) is 0 Å². The molecule has 0 spiro atoms. The maximum absolute atomic E-state index is 11.5. The second kappa shape index (κ2) is 10.5. The Morgan fingerprint density at radius 1 is 1.09 bits per heavy atom. The van der Waals surface area contributed by atoms with E-state index in [1.54, 1.807) is 12.3 Å². The fourth-order valence-electron chi connectivity index (χ4n) is 4.55. The number of carbonyl (C=O) groups is 1. The average Bonchev–Trinajstić information content (AvgIpc) is 3.23. The molecule has 0 radical (unpaired) electrons. The largest absolute Gasteiger partial charge is 0.478 e. The van der Waals surface area contributed by atoms with Crippen LogP contribution in [0.25, 0.3) is 11.1 Å². The Morgan fingerprint density at radius 3 is 2.59 bits per heavy atom. The number of pyridine rings is 1. The summed E-state index contributed by atoms with van der Waals surface area (Å²) in [6.07, 6.45) is 13.5. The van der Waals surface area contributed by atoms with Gasteiger partial charge in [-0.3, -0.25) is 4.98 Å². The summed E-state index contributed by atoms with van der Waals surface area (Å²) < 4.78 is 2.12. The second-order valence-electron chi connectivity index (χ2n) is 8.75. The summed E-state index contributed by atoms with van der Waals surface area (Å²) in [6, 6.07) is 9.84. The van der Waals surface area contributed by atoms with Crippen LogP contribution in [0, 0.1) is 0 Å². The molecule has 32 heavy (non-hydrogen) atoms. The number of aromatic nitrogens is 4. The van der Waals surface area contributed by atoms with E-state index < -0.39 is 5.97 Å². The van der Waals surface area contributed by atoms with Crippen molar-refractivity contribution in [2.24, 2.45) is 0 Å². The minimum atomic E-state index is -0.965. The van der Waals surface area contributed by atoms with Crippen LogP contribution < -0.4 is 0 Å². The number of nitrogens with zero attached hydrogens (tertiary/aromatic N) is 4. The summed E-state index contributed by atoms with van der Waals surface area (Å²) in [5.41, 5.74) is 2.93. The minimum Gasteiger partial charge on any atom is -0.478 e. The van der Waals surface area contributed by atoms with Gasteiger partial charge in [0, 0.05) is 31.3 Å². The summed E-state index contributed by atoms with van der Waals surface area (Å²) in [6.45, 7) is 3.13. The fraction of sp³-hybridized carbons (Fsp3) is 0.462. The normalized spacial score (nSPS) is 14.5. The molecule has 0 atom stereocenters. The van der Waals surface area contributed by atoms with Gasteiger partial charge in [-0.15, -0.1) is 0 Å². The Kier molecular flexibility index (Phi) is 7.30. The topological polar surface area (TPSA) is 80.9 Å². The first kappa shape index (κ1) is 22.2. The zero-order valence-electron chi connectivity index (χ0n) is 18.8. The number of aromatic carboxylic acids is 1. The summed E-state index contributed by atoms with van der Waals surface area (Å²) in [7, 11) is 0. The van der Waals surface area contributed by atoms with Crippen LogP contribution in [0.3, 0.4) is 0 Å². The van der Waals surface area contributed by atoms with Crippen LogP contribution in [-0.2, 0) is 13.0 Å². The van der Waals surface area contributed by atoms with Gasteiger partial charge in [-0.1, -0.05) is 63.3 Å². The molecule has 6 heteroatoms. The lowest BCUT2D eigenvalue weighted by Gasteiger charge is -2.18. The van der Waals surface area contributed by atoms with E-state index in [1.165, 1.54) is 51.1 Å². The number of carboxylic acid groups (broad SMARTS) is 1. The van der Waals surface area contributed by atoms with E-state index >= 15 is 0 Å². The molecular weight excluding hydrogens is 400 g/mol. The molecule has 0 aliphatic heterocycles. The van der Waals surface area contributed by atoms with Crippen LogP contribution in [0.1, 0.15) is 91.8 Å². The molecule has 2 heterocycles. The van der Waals surface area contributed by atoms with Gasteiger partial charge in [-0.05, 0) is 42.0 Å². The van der Waals surface area contributed by atoms with E-state index in [9.17, 15) is 9.90 Å². The molecule has 4 rings (SSSR count). The SMILES string of the molecule is CCCCCn1nc(C2CCCCC2)nc1Cc1ccc(-c2ccncc2C(=O)O)cc1. The van der Waals surface area contributed by atoms with Gasteiger partial charge >= 0.3 is 5.97 Å². The fourth-order valence-corrected chi connectivity index (χ4v) is 4.55. The molecule has 1 N–H and O–H groups in total. The van der Waals surface area contributed by atoms with E-state index in [4.69, 9.17) is 10.1 Å². The number of rotatable bonds is 9. The number of unbranched alkanes of at least 4 members (excludes halogenated alkanes) is 2. The Labute approximate surface area is 189 Å². The maximum Gasteiger partial charge on any atom is 0.337 e. The second-order valence-corrected chi connectivity index (χ2v) is 8.75. The first-order valence-corrected chi connectivity index (χ1v) is 11.9. The van der Waals surface area contributed by atoms with E-state index in [0.717, 1.165) is 42.2 Å². The number of benzene rings is 1. The van der Waals surface area contributed by atoms with Crippen LogP contribution in [-0.4, -0.2) is 30.8 Å². The van der Waals surface area contributed by atoms with Gasteiger partial charge in [0.25, 0.3) is 0 Å². The van der Waals surface area contributed by atoms with Crippen LogP contribution >= 0.6 is 0 Å². The quantitative estimate of drug-likeness (QED) is 0.428. The molecule has 6 nitrogen and oxygen atoms in total. The van der Waals surface area contributed by atoms with Crippen molar-refractivity contribution >= 4 is 5.97 Å². The van der Waals surface area contributed by atoms with Gasteiger partial charge in [0.2, 0.25) is 0 Å². The molecule has 0 bridgehead atoms. The van der Waals surface area contributed by atoms with Crippen molar-refractivity contribution in [3.63, 3.8) is 0 Å². The highest BCUT2D eigenvalue weighted by molar-refractivity contribution is 5.95. The third-order valence-corrected chi connectivity index (χ3v) is 6.39. The molecular formula is C26H32N4O2. The number of aryl methyl sites for hydroxylation is 1. The van der Waals surface area contributed by atoms with Crippen molar-refractivity contribution in [1.29, 1.82) is 0 Å². The Hall–Kier alpha value is -3.02. The predicted molar refractivity (Wildman–Crippen MR) is 125 cm³/mol. The van der Waals surface area contributed by atoms with E-state index in [2.05, 4.69) is 28.7 Å². The molecule has 1 fully saturated rings. The molecule has 168 valence electrons. The molecule has 1 aliphatic carbocycles. The molecule has 1 aromatic carbocycles. The minimum absolute atomic E-state index is 0.216. The molecule has 1 saturated carbocycles. The van der Waals surface area contributed by atoms with Gasteiger partial charge in [-0.25, -0.2) is 14.5 Å². The number of carboxylic acids is 1. The highest BCUT2D eigenvalue weighted by atomic mass is 16.4. The van der Waals surface area contributed by atoms with E-state index in [0.29, 0.717) is 11.5 Å². The molecule has 1 aliphatic rings. The van der Waals surface area contributed by atoms with Crippen molar-refractivity contribution in [2.45, 2.75) is 77.2 Å². The molecule has 0 unspecified atom stereocenters. The highest BCUT2D eigenvalue weighted by Gasteiger charge is 2.21. The lowest BCUT2D eigenvalue weighted by Crippen LogP contribution is -2.08. The molecule has 0 saturated heterocycles. The monoisotopic (exact) mass is 432 g/mol. The van der Waals surface area contributed by atoms with Gasteiger partial charge in [0.05, 0.1) is 5.56 Å². The number of hydrogen-bond acceptors (Lipinski definition) is 4. The Morgan fingerprint density at radius 2 is 1.88 bits per heavy atom. The maximum atomic E-state index is 11.5. The zero-order chi connectivity index (χ0) is 22.3. The lowest BCUT2D eigenvalue weighted by atomic mass is 9.89. The first-order valence-electron chi connectivity index (χ1n) is 11.9. The Bertz CT molecular complexity index is 1040. The van der Waals surface area contributed by atoms with Gasteiger partial charge < -0.3 is 5.11 Å². The van der Waals surface area contributed by atoms with Crippen molar-refractivity contribution in [2.75, 3.05) is 0 Å². The van der Waals surface area contributed by atoms with E-state index in [1.807, 2.05) is 12.1 Å². The third-order valence-electron chi connectivity index (χ3n) is 6.39. The van der Waals surface area contributed by atoms with Gasteiger partial charge in [0.15, 0.2) is 5.82 Å². The molecule has 3 aromatic rings. The zero-order valence-corrected chi connectivity index (χ0v) is 18.8. The van der Waals surface area contributed by atoms with Crippen molar-refractivity contribution < 1.29 is 9.90 Å². The summed E-state index contributed by atoms with van der Waals surface area (Å²) in [4.78, 5) is 20.5. The summed E-state index contributed by atoms with van der Waals surface area (Å²) in [5, 5.41) is 14.4. The molecule has 0 amide bonds. The van der Waals surface area contributed by atoms with Crippen molar-refractivity contribution in [1.82, 2.24) is 19.7 Å². The standard InChI is InChI=1S/C26H32N4O2/c1-2-3-7-16-30-24(28-25(29-30)21-8-5-4-6-9-21)17-19-10-12-20(13-11-19)22-14-15-27-18-23(22)26(31)32/h10-15,18,21H,2-9,16-17H2,1H3,(H,31,32). The van der Waals surface area contributed by atoms with Crippen LogP contribution in [0.15, 0.2) is 42.7 Å². The third kappa shape index (κ3) is 5.23. The highest BCUT2D eigenvalue weighted by Crippen LogP contribution is 2.31. The van der Waals surface area contributed by atoms with Crippen LogP contribution in [0.2, 0.25) is 0 Å². The summed E-state index contributed by atoms with van der Waals surface area (Å²) in [5.74, 6) is 1.59. The Balaban J connectivity index is 1.55.